The third kappa shape index (κ3) is 4.44. The minimum atomic E-state index is -3.61. The van der Waals surface area contributed by atoms with Crippen molar-refractivity contribution in [1.82, 2.24) is 4.72 Å². The lowest BCUT2D eigenvalue weighted by atomic mass is 10.3. The van der Waals surface area contributed by atoms with Crippen LogP contribution in [0.15, 0.2) is 53.4 Å². The standard InChI is InChI=1S/C15H16FNO4S/c1-20-13-5-7-15(8-6-13)22(18,19)17-9-10-21-14-4-2-3-12(16)11-14/h2-8,11,17H,9-10H2,1H3. The second kappa shape index (κ2) is 7.24. The molecule has 2 rings (SSSR count). The van der Waals surface area contributed by atoms with Crippen LogP contribution in [0.3, 0.4) is 0 Å². The Balaban J connectivity index is 1.87. The van der Waals surface area contributed by atoms with Crippen LogP contribution >= 0.6 is 0 Å². The Morgan fingerprint density at radius 3 is 2.45 bits per heavy atom. The molecule has 0 atom stereocenters. The van der Waals surface area contributed by atoms with E-state index in [1.54, 1.807) is 18.2 Å². The van der Waals surface area contributed by atoms with Crippen molar-refractivity contribution >= 4 is 10.0 Å². The molecule has 0 aliphatic heterocycles. The van der Waals surface area contributed by atoms with Crippen molar-refractivity contribution in [3.8, 4) is 11.5 Å². The Morgan fingerprint density at radius 1 is 1.09 bits per heavy atom. The summed E-state index contributed by atoms with van der Waals surface area (Å²) in [6.07, 6.45) is 0. The maximum atomic E-state index is 12.9. The smallest absolute Gasteiger partial charge is 0.240 e. The van der Waals surface area contributed by atoms with E-state index in [9.17, 15) is 12.8 Å². The predicted molar refractivity (Wildman–Crippen MR) is 80.1 cm³/mol. The van der Waals surface area contributed by atoms with Gasteiger partial charge < -0.3 is 9.47 Å². The van der Waals surface area contributed by atoms with E-state index in [1.807, 2.05) is 0 Å². The topological polar surface area (TPSA) is 64.6 Å². The summed E-state index contributed by atoms with van der Waals surface area (Å²) in [4.78, 5) is 0.138. The lowest BCUT2D eigenvalue weighted by Gasteiger charge is -2.09. The first-order chi connectivity index (χ1) is 10.5. The minimum absolute atomic E-state index is 0.0743. The van der Waals surface area contributed by atoms with Crippen LogP contribution in [0.4, 0.5) is 4.39 Å². The Morgan fingerprint density at radius 2 is 1.82 bits per heavy atom. The van der Waals surface area contributed by atoms with Crippen molar-refractivity contribution in [1.29, 1.82) is 0 Å². The van der Waals surface area contributed by atoms with E-state index in [0.29, 0.717) is 11.5 Å². The van der Waals surface area contributed by atoms with Crippen molar-refractivity contribution < 1.29 is 22.3 Å². The Bertz CT molecular complexity index is 717. The van der Waals surface area contributed by atoms with Gasteiger partial charge in [0.05, 0.1) is 12.0 Å². The molecule has 118 valence electrons. The SMILES string of the molecule is COc1ccc(S(=O)(=O)NCCOc2cccc(F)c2)cc1. The summed E-state index contributed by atoms with van der Waals surface area (Å²) in [5.41, 5.74) is 0. The number of rotatable bonds is 7. The van der Waals surface area contributed by atoms with E-state index in [0.717, 1.165) is 0 Å². The van der Waals surface area contributed by atoms with Crippen molar-refractivity contribution in [2.75, 3.05) is 20.3 Å². The van der Waals surface area contributed by atoms with Crippen molar-refractivity contribution in [3.63, 3.8) is 0 Å². The van der Waals surface area contributed by atoms with Gasteiger partial charge in [-0.05, 0) is 36.4 Å². The molecule has 0 aliphatic carbocycles. The van der Waals surface area contributed by atoms with E-state index in [1.165, 1.54) is 37.4 Å². The molecule has 0 aliphatic rings. The van der Waals surface area contributed by atoms with Crippen LogP contribution in [0.2, 0.25) is 0 Å². The summed E-state index contributed by atoms with van der Waals surface area (Å²) in [6.45, 7) is 0.170. The van der Waals surface area contributed by atoms with Gasteiger partial charge in [0.25, 0.3) is 0 Å². The number of hydrogen-bond acceptors (Lipinski definition) is 4. The molecule has 0 radical (unpaired) electrons. The Labute approximate surface area is 128 Å². The molecule has 0 spiro atoms. The van der Waals surface area contributed by atoms with Gasteiger partial charge in [-0.2, -0.15) is 0 Å². The molecular weight excluding hydrogens is 309 g/mol. The van der Waals surface area contributed by atoms with Crippen molar-refractivity contribution in [2.24, 2.45) is 0 Å². The first-order valence-electron chi connectivity index (χ1n) is 6.53. The number of hydrogen-bond donors (Lipinski definition) is 1. The zero-order chi connectivity index (χ0) is 16.0. The molecule has 0 bridgehead atoms. The fraction of sp³-hybridized carbons (Fsp3) is 0.200. The second-order valence-corrected chi connectivity index (χ2v) is 6.15. The summed E-state index contributed by atoms with van der Waals surface area (Å²) in [6, 6.07) is 11.7. The third-order valence-electron chi connectivity index (χ3n) is 2.83. The van der Waals surface area contributed by atoms with Crippen LogP contribution in [0, 0.1) is 5.82 Å². The molecule has 1 N–H and O–H groups in total. The highest BCUT2D eigenvalue weighted by molar-refractivity contribution is 7.89. The Kier molecular flexibility index (Phi) is 5.35. The Hall–Kier alpha value is -2.12. The van der Waals surface area contributed by atoms with Crippen molar-refractivity contribution in [3.05, 3.63) is 54.3 Å². The number of ether oxygens (including phenoxy) is 2. The highest BCUT2D eigenvalue weighted by Gasteiger charge is 2.13. The van der Waals surface area contributed by atoms with E-state index in [2.05, 4.69) is 4.72 Å². The largest absolute Gasteiger partial charge is 0.497 e. The van der Waals surface area contributed by atoms with Gasteiger partial charge in [-0.3, -0.25) is 0 Å². The van der Waals surface area contributed by atoms with Crippen LogP contribution in [0.1, 0.15) is 0 Å². The van der Waals surface area contributed by atoms with Crippen LogP contribution < -0.4 is 14.2 Å². The minimum Gasteiger partial charge on any atom is -0.497 e. The van der Waals surface area contributed by atoms with E-state index >= 15 is 0 Å². The summed E-state index contributed by atoms with van der Waals surface area (Å²) >= 11 is 0. The zero-order valence-corrected chi connectivity index (χ0v) is 12.8. The summed E-state index contributed by atoms with van der Waals surface area (Å²) in [7, 11) is -2.10. The highest BCUT2D eigenvalue weighted by Crippen LogP contribution is 2.15. The highest BCUT2D eigenvalue weighted by atomic mass is 32.2. The molecule has 0 amide bonds. The summed E-state index contributed by atoms with van der Waals surface area (Å²) < 4.78 is 49.7. The average Bonchev–Trinajstić information content (AvgIpc) is 2.52. The lowest BCUT2D eigenvalue weighted by molar-refractivity contribution is 0.321. The molecule has 0 aromatic heterocycles. The maximum Gasteiger partial charge on any atom is 0.240 e. The van der Waals surface area contributed by atoms with Crippen LogP contribution in [0.5, 0.6) is 11.5 Å². The van der Waals surface area contributed by atoms with Crippen LogP contribution in [0.25, 0.3) is 0 Å². The van der Waals surface area contributed by atoms with E-state index < -0.39 is 15.8 Å². The molecule has 7 heteroatoms. The third-order valence-corrected chi connectivity index (χ3v) is 4.31. The van der Waals surface area contributed by atoms with Crippen LogP contribution in [-0.2, 0) is 10.0 Å². The molecule has 0 saturated carbocycles. The molecule has 0 saturated heterocycles. The summed E-state index contributed by atoms with van der Waals surface area (Å²) in [5.74, 6) is 0.522. The zero-order valence-electron chi connectivity index (χ0n) is 12.0. The van der Waals surface area contributed by atoms with Gasteiger partial charge in [0.2, 0.25) is 10.0 Å². The molecule has 2 aromatic carbocycles. The fourth-order valence-corrected chi connectivity index (χ4v) is 2.75. The molecule has 22 heavy (non-hydrogen) atoms. The number of halogens is 1. The predicted octanol–water partition coefficient (Wildman–Crippen LogP) is 2.19. The van der Waals surface area contributed by atoms with Gasteiger partial charge in [0.1, 0.15) is 23.9 Å². The molecule has 0 fully saturated rings. The maximum absolute atomic E-state index is 12.9. The van der Waals surface area contributed by atoms with Gasteiger partial charge in [-0.1, -0.05) is 6.07 Å². The molecule has 0 unspecified atom stereocenters. The number of nitrogens with one attached hydrogen (secondary N) is 1. The van der Waals surface area contributed by atoms with Crippen LogP contribution in [-0.4, -0.2) is 28.7 Å². The monoisotopic (exact) mass is 325 g/mol. The second-order valence-electron chi connectivity index (χ2n) is 4.38. The van der Waals surface area contributed by atoms with Gasteiger partial charge in [0.15, 0.2) is 0 Å². The quantitative estimate of drug-likeness (QED) is 0.793. The fourth-order valence-electron chi connectivity index (χ4n) is 1.74. The average molecular weight is 325 g/mol. The van der Waals surface area contributed by atoms with E-state index in [4.69, 9.17) is 9.47 Å². The van der Waals surface area contributed by atoms with Gasteiger partial charge in [-0.15, -0.1) is 0 Å². The lowest BCUT2D eigenvalue weighted by Crippen LogP contribution is -2.28. The first-order valence-corrected chi connectivity index (χ1v) is 8.02. The number of methoxy groups -OCH3 is 1. The van der Waals surface area contributed by atoms with Gasteiger partial charge in [0, 0.05) is 12.6 Å². The molecule has 2 aromatic rings. The first kappa shape index (κ1) is 16.3. The van der Waals surface area contributed by atoms with E-state index in [-0.39, 0.29) is 18.0 Å². The van der Waals surface area contributed by atoms with Crippen molar-refractivity contribution in [2.45, 2.75) is 4.90 Å². The molecule has 5 nitrogen and oxygen atoms in total. The van der Waals surface area contributed by atoms with Gasteiger partial charge >= 0.3 is 0 Å². The van der Waals surface area contributed by atoms with Gasteiger partial charge in [-0.25, -0.2) is 17.5 Å². The molecular formula is C15H16FNO4S. The number of sulfonamides is 1. The molecule has 0 heterocycles. The summed E-state index contributed by atoms with van der Waals surface area (Å²) in [5, 5.41) is 0. The normalized spacial score (nSPS) is 11.2. The number of benzene rings is 2.